The zero-order chi connectivity index (χ0) is 21.9. The normalized spacial score (nSPS) is 18.1. The van der Waals surface area contributed by atoms with Crippen molar-refractivity contribution in [3.8, 4) is 0 Å². The van der Waals surface area contributed by atoms with E-state index >= 15 is 0 Å². The number of carbonyl (C=O) groups excluding carboxylic acids is 2. The Morgan fingerprint density at radius 3 is 2.38 bits per heavy atom. The number of sulfone groups is 1. The van der Waals surface area contributed by atoms with Crippen LogP contribution in [0.3, 0.4) is 0 Å². The first-order valence-corrected chi connectivity index (χ1v) is 11.5. The van der Waals surface area contributed by atoms with Crippen LogP contribution in [0.1, 0.15) is 51.4 Å². The van der Waals surface area contributed by atoms with E-state index in [1.807, 2.05) is 20.0 Å². The van der Waals surface area contributed by atoms with Crippen molar-refractivity contribution >= 4 is 21.8 Å². The number of ether oxygens (including phenoxy) is 1. The lowest BCUT2D eigenvalue weighted by Gasteiger charge is -2.36. The van der Waals surface area contributed by atoms with Gasteiger partial charge in [0.25, 0.3) is 0 Å². The van der Waals surface area contributed by atoms with E-state index in [1.165, 1.54) is 0 Å². The summed E-state index contributed by atoms with van der Waals surface area (Å²) in [4.78, 5) is 24.6. The molecule has 10 heteroatoms. The molecular weight excluding hydrogens is 396 g/mol. The second-order valence-electron chi connectivity index (χ2n) is 8.86. The third kappa shape index (κ3) is 7.34. The van der Waals surface area contributed by atoms with Crippen molar-refractivity contribution in [2.75, 3.05) is 18.1 Å². The Morgan fingerprint density at radius 1 is 1.24 bits per heavy atom. The molecule has 1 aromatic heterocycles. The van der Waals surface area contributed by atoms with E-state index in [9.17, 15) is 18.0 Å². The Bertz CT molecular complexity index is 821. The molecule has 0 atom stereocenters. The summed E-state index contributed by atoms with van der Waals surface area (Å²) in [6.07, 6.45) is 0.196. The van der Waals surface area contributed by atoms with Gasteiger partial charge in [0.15, 0.2) is 0 Å². The SMILES string of the molecule is Cc1cc(CNC(=O)CC2(CNC(=O)OC(C)(C)C)CCS(=O)(=O)CC2)nn1C. The second-order valence-corrected chi connectivity index (χ2v) is 11.2. The number of nitrogens with zero attached hydrogens (tertiary/aromatic N) is 2. The number of hydrogen-bond acceptors (Lipinski definition) is 6. The predicted molar refractivity (Wildman–Crippen MR) is 109 cm³/mol. The Labute approximate surface area is 172 Å². The standard InChI is InChI=1S/C19H32N4O5S/c1-14-10-15(22-23(14)5)12-20-16(24)11-19(6-8-29(26,27)9-7-19)13-21-17(25)28-18(2,3)4/h10H,6-9,11-13H2,1-5H3,(H,20,24)(H,21,25). The lowest BCUT2D eigenvalue weighted by molar-refractivity contribution is -0.123. The minimum Gasteiger partial charge on any atom is -0.444 e. The highest BCUT2D eigenvalue weighted by atomic mass is 32.2. The molecule has 0 saturated carbocycles. The van der Waals surface area contributed by atoms with Crippen LogP contribution in [0, 0.1) is 12.3 Å². The zero-order valence-corrected chi connectivity index (χ0v) is 18.7. The van der Waals surface area contributed by atoms with Crippen molar-refractivity contribution in [1.29, 1.82) is 0 Å². The van der Waals surface area contributed by atoms with Gasteiger partial charge in [-0.3, -0.25) is 9.48 Å². The van der Waals surface area contributed by atoms with Gasteiger partial charge in [-0.05, 0) is 52.0 Å². The summed E-state index contributed by atoms with van der Waals surface area (Å²) in [5, 5.41) is 9.87. The van der Waals surface area contributed by atoms with Crippen molar-refractivity contribution in [2.45, 2.75) is 59.1 Å². The number of aryl methyl sites for hydroxylation is 2. The van der Waals surface area contributed by atoms with Crippen LogP contribution in [0.2, 0.25) is 0 Å². The van der Waals surface area contributed by atoms with Crippen LogP contribution in [0.15, 0.2) is 6.07 Å². The third-order valence-electron chi connectivity index (χ3n) is 5.06. The van der Waals surface area contributed by atoms with Crippen LogP contribution in [0.4, 0.5) is 4.79 Å². The molecule has 2 rings (SSSR count). The van der Waals surface area contributed by atoms with Gasteiger partial charge >= 0.3 is 6.09 Å². The molecule has 2 heterocycles. The highest BCUT2D eigenvalue weighted by Crippen LogP contribution is 2.35. The zero-order valence-electron chi connectivity index (χ0n) is 17.9. The predicted octanol–water partition coefficient (Wildman–Crippen LogP) is 1.45. The molecule has 1 aromatic rings. The molecule has 29 heavy (non-hydrogen) atoms. The van der Waals surface area contributed by atoms with Crippen LogP contribution in [-0.2, 0) is 33.0 Å². The molecule has 1 saturated heterocycles. The topological polar surface area (TPSA) is 119 Å². The maximum absolute atomic E-state index is 12.6. The molecule has 1 aliphatic rings. The van der Waals surface area contributed by atoms with E-state index in [0.29, 0.717) is 19.4 Å². The van der Waals surface area contributed by atoms with Gasteiger partial charge in [-0.2, -0.15) is 5.10 Å². The van der Waals surface area contributed by atoms with Gasteiger partial charge in [-0.15, -0.1) is 0 Å². The fraction of sp³-hybridized carbons (Fsp3) is 0.737. The lowest BCUT2D eigenvalue weighted by Crippen LogP contribution is -2.46. The number of rotatable bonds is 6. The van der Waals surface area contributed by atoms with Crippen LogP contribution in [0.25, 0.3) is 0 Å². The Kier molecular flexibility index (Phi) is 6.97. The summed E-state index contributed by atoms with van der Waals surface area (Å²) >= 11 is 0. The number of alkyl carbamates (subject to hydrolysis) is 1. The highest BCUT2D eigenvalue weighted by molar-refractivity contribution is 7.91. The molecule has 0 aromatic carbocycles. The number of carbonyl (C=O) groups is 2. The molecule has 2 amide bonds. The van der Waals surface area contributed by atoms with E-state index in [1.54, 1.807) is 25.5 Å². The van der Waals surface area contributed by atoms with Crippen molar-refractivity contribution < 1.29 is 22.7 Å². The van der Waals surface area contributed by atoms with Crippen molar-refractivity contribution in [1.82, 2.24) is 20.4 Å². The average molecular weight is 429 g/mol. The average Bonchev–Trinajstić information content (AvgIpc) is 2.91. The van der Waals surface area contributed by atoms with Crippen molar-refractivity contribution in [2.24, 2.45) is 12.5 Å². The first-order valence-electron chi connectivity index (χ1n) is 9.73. The van der Waals surface area contributed by atoms with Crippen molar-refractivity contribution in [3.05, 3.63) is 17.5 Å². The van der Waals surface area contributed by atoms with E-state index in [0.717, 1.165) is 11.4 Å². The van der Waals surface area contributed by atoms with Gasteiger partial charge in [0.05, 0.1) is 23.7 Å². The van der Waals surface area contributed by atoms with Gasteiger partial charge in [0, 0.05) is 25.7 Å². The Balaban J connectivity index is 1.99. The van der Waals surface area contributed by atoms with E-state index in [4.69, 9.17) is 4.74 Å². The summed E-state index contributed by atoms with van der Waals surface area (Å²) in [5.74, 6) is -0.176. The number of aromatic nitrogens is 2. The van der Waals surface area contributed by atoms with Crippen LogP contribution < -0.4 is 10.6 Å². The molecule has 164 valence electrons. The quantitative estimate of drug-likeness (QED) is 0.708. The highest BCUT2D eigenvalue weighted by Gasteiger charge is 2.39. The van der Waals surface area contributed by atoms with Crippen molar-refractivity contribution in [3.63, 3.8) is 0 Å². The molecule has 0 radical (unpaired) electrons. The fourth-order valence-corrected chi connectivity index (χ4v) is 4.97. The Morgan fingerprint density at radius 2 is 1.86 bits per heavy atom. The van der Waals surface area contributed by atoms with Crippen LogP contribution >= 0.6 is 0 Å². The second kappa shape index (κ2) is 8.73. The molecule has 0 aliphatic carbocycles. The van der Waals surface area contributed by atoms with Gasteiger partial charge in [0.2, 0.25) is 5.91 Å². The molecular formula is C19H32N4O5S. The maximum Gasteiger partial charge on any atom is 0.407 e. The van der Waals surface area contributed by atoms with E-state index < -0.39 is 26.9 Å². The van der Waals surface area contributed by atoms with Gasteiger partial charge in [0.1, 0.15) is 15.4 Å². The smallest absolute Gasteiger partial charge is 0.407 e. The molecule has 1 aliphatic heterocycles. The van der Waals surface area contributed by atoms with Gasteiger partial charge < -0.3 is 15.4 Å². The first-order chi connectivity index (χ1) is 13.3. The molecule has 0 bridgehead atoms. The maximum atomic E-state index is 12.6. The summed E-state index contributed by atoms with van der Waals surface area (Å²) in [5.41, 5.74) is 0.493. The lowest BCUT2D eigenvalue weighted by atomic mass is 9.78. The molecule has 1 fully saturated rings. The minimum absolute atomic E-state index is 0.00964. The summed E-state index contributed by atoms with van der Waals surface area (Å²) < 4.78 is 30.7. The largest absolute Gasteiger partial charge is 0.444 e. The van der Waals surface area contributed by atoms with E-state index in [2.05, 4.69) is 15.7 Å². The summed E-state index contributed by atoms with van der Waals surface area (Å²) in [6.45, 7) is 7.72. The van der Waals surface area contributed by atoms with Crippen LogP contribution in [-0.4, -0.2) is 53.9 Å². The van der Waals surface area contributed by atoms with Gasteiger partial charge in [-0.25, -0.2) is 13.2 Å². The molecule has 0 unspecified atom stereocenters. The summed E-state index contributed by atoms with van der Waals surface area (Å²) in [6, 6.07) is 1.90. The number of hydrogen-bond donors (Lipinski definition) is 2. The molecule has 2 N–H and O–H groups in total. The number of nitrogens with one attached hydrogen (secondary N) is 2. The minimum atomic E-state index is -3.10. The summed E-state index contributed by atoms with van der Waals surface area (Å²) in [7, 11) is -1.27. The first kappa shape index (κ1) is 23.2. The number of amides is 2. The van der Waals surface area contributed by atoms with Crippen LogP contribution in [0.5, 0.6) is 0 Å². The Hall–Kier alpha value is -2.10. The fourth-order valence-electron chi connectivity index (χ4n) is 3.27. The molecule has 9 nitrogen and oxygen atoms in total. The third-order valence-corrected chi connectivity index (χ3v) is 6.71. The monoisotopic (exact) mass is 428 g/mol. The molecule has 0 spiro atoms. The van der Waals surface area contributed by atoms with Gasteiger partial charge in [-0.1, -0.05) is 0 Å². The van der Waals surface area contributed by atoms with E-state index in [-0.39, 0.29) is 30.4 Å².